The Morgan fingerprint density at radius 2 is 2.07 bits per heavy atom. The zero-order valence-electron chi connectivity index (χ0n) is 8.60. The molecular formula is C11H17NO2. The lowest BCUT2D eigenvalue weighted by molar-refractivity contribution is -0.138. The molecule has 0 bridgehead atoms. The van der Waals surface area contributed by atoms with E-state index in [1.165, 1.54) is 0 Å². The Hall–Kier alpha value is -1.35. The number of hydrogen-bond donors (Lipinski definition) is 2. The van der Waals surface area contributed by atoms with Gasteiger partial charge in [-0.3, -0.25) is 4.79 Å². The first kappa shape index (κ1) is 12.7. The smallest absolute Gasteiger partial charge is 0.320 e. The van der Waals surface area contributed by atoms with Crippen molar-refractivity contribution in [3.63, 3.8) is 0 Å². The summed E-state index contributed by atoms with van der Waals surface area (Å²) < 4.78 is 0. The number of hydrogen-bond acceptors (Lipinski definition) is 2. The second kappa shape index (κ2) is 7.09. The van der Waals surface area contributed by atoms with Crippen molar-refractivity contribution in [2.45, 2.75) is 26.3 Å². The van der Waals surface area contributed by atoms with E-state index >= 15 is 0 Å². The molecule has 0 rings (SSSR count). The highest BCUT2D eigenvalue weighted by Gasteiger charge is 2.11. The number of rotatable bonds is 5. The molecule has 0 aromatic heterocycles. The van der Waals surface area contributed by atoms with E-state index in [9.17, 15) is 4.79 Å². The fourth-order valence-corrected chi connectivity index (χ4v) is 0.967. The van der Waals surface area contributed by atoms with Crippen LogP contribution >= 0.6 is 0 Å². The zero-order valence-corrected chi connectivity index (χ0v) is 8.60. The molecule has 1 unspecified atom stereocenters. The number of carboxylic acid groups (broad SMARTS) is 1. The SMILES string of the molecule is C\C=C/C=C(\C=C/C)CC(N)C(=O)O. The number of nitrogens with two attached hydrogens (primary N) is 1. The van der Waals surface area contributed by atoms with Crippen LogP contribution in [0.15, 0.2) is 36.0 Å². The van der Waals surface area contributed by atoms with Crippen molar-refractivity contribution in [1.82, 2.24) is 0 Å². The Morgan fingerprint density at radius 3 is 2.50 bits per heavy atom. The van der Waals surface area contributed by atoms with Crippen LogP contribution in [-0.2, 0) is 4.79 Å². The summed E-state index contributed by atoms with van der Waals surface area (Å²) in [6, 6.07) is -0.831. The molecule has 0 saturated carbocycles. The molecule has 0 radical (unpaired) electrons. The van der Waals surface area contributed by atoms with Gasteiger partial charge >= 0.3 is 5.97 Å². The zero-order chi connectivity index (χ0) is 11.0. The summed E-state index contributed by atoms with van der Waals surface area (Å²) in [5.41, 5.74) is 6.34. The first-order chi connectivity index (χ1) is 6.61. The fraction of sp³-hybridized carbons (Fsp3) is 0.364. The summed E-state index contributed by atoms with van der Waals surface area (Å²) in [6.45, 7) is 3.79. The summed E-state index contributed by atoms with van der Waals surface area (Å²) in [5, 5.41) is 8.63. The third kappa shape index (κ3) is 5.32. The van der Waals surface area contributed by atoms with E-state index in [1.807, 2.05) is 44.2 Å². The van der Waals surface area contributed by atoms with Crippen molar-refractivity contribution in [2.24, 2.45) is 5.73 Å². The van der Waals surface area contributed by atoms with Gasteiger partial charge < -0.3 is 10.8 Å². The largest absolute Gasteiger partial charge is 0.480 e. The molecule has 3 N–H and O–H groups in total. The highest BCUT2D eigenvalue weighted by molar-refractivity contribution is 5.73. The van der Waals surface area contributed by atoms with E-state index in [0.29, 0.717) is 6.42 Å². The van der Waals surface area contributed by atoms with Crippen LogP contribution in [0.25, 0.3) is 0 Å². The molecule has 0 aromatic carbocycles. The minimum absolute atomic E-state index is 0.351. The van der Waals surface area contributed by atoms with Crippen molar-refractivity contribution < 1.29 is 9.90 Å². The van der Waals surface area contributed by atoms with E-state index < -0.39 is 12.0 Å². The fourth-order valence-electron chi connectivity index (χ4n) is 0.967. The number of allylic oxidation sites excluding steroid dienone is 5. The molecule has 0 aliphatic rings. The standard InChI is InChI=1S/C11H17NO2/c1-3-5-7-9(6-4-2)8-10(12)11(13)14/h3-7,10H,8,12H2,1-2H3,(H,13,14)/b5-3-,6-4-,9-7+. The highest BCUT2D eigenvalue weighted by Crippen LogP contribution is 2.06. The van der Waals surface area contributed by atoms with Gasteiger partial charge in [0, 0.05) is 0 Å². The molecule has 0 heterocycles. The predicted octanol–water partition coefficient (Wildman–Crippen LogP) is 1.87. The molecule has 3 heteroatoms. The third-order valence-corrected chi connectivity index (χ3v) is 1.66. The molecule has 3 nitrogen and oxygen atoms in total. The van der Waals surface area contributed by atoms with Crippen molar-refractivity contribution in [2.75, 3.05) is 0 Å². The average Bonchev–Trinajstić information content (AvgIpc) is 2.14. The molecule has 0 aliphatic heterocycles. The van der Waals surface area contributed by atoms with Gasteiger partial charge in [0.15, 0.2) is 0 Å². The van der Waals surface area contributed by atoms with Crippen molar-refractivity contribution in [3.05, 3.63) is 36.0 Å². The molecule has 0 saturated heterocycles. The molecular weight excluding hydrogens is 178 g/mol. The molecule has 0 aliphatic carbocycles. The monoisotopic (exact) mass is 195 g/mol. The van der Waals surface area contributed by atoms with Gasteiger partial charge in [0.2, 0.25) is 0 Å². The van der Waals surface area contributed by atoms with Gasteiger partial charge in [-0.25, -0.2) is 0 Å². The molecule has 1 atom stereocenters. The van der Waals surface area contributed by atoms with Gasteiger partial charge in [0.25, 0.3) is 0 Å². The summed E-state index contributed by atoms with van der Waals surface area (Å²) in [7, 11) is 0. The summed E-state index contributed by atoms with van der Waals surface area (Å²) >= 11 is 0. The third-order valence-electron chi connectivity index (χ3n) is 1.66. The lowest BCUT2D eigenvalue weighted by Crippen LogP contribution is -2.30. The van der Waals surface area contributed by atoms with Gasteiger partial charge in [0.1, 0.15) is 6.04 Å². The number of carboxylic acids is 1. The van der Waals surface area contributed by atoms with Crippen LogP contribution in [0.2, 0.25) is 0 Å². The molecule has 0 amide bonds. The van der Waals surface area contributed by atoms with E-state index in [-0.39, 0.29) is 0 Å². The second-order valence-electron chi connectivity index (χ2n) is 2.92. The first-order valence-electron chi connectivity index (χ1n) is 4.54. The summed E-state index contributed by atoms with van der Waals surface area (Å²) in [4.78, 5) is 10.5. The molecule has 78 valence electrons. The van der Waals surface area contributed by atoms with E-state index in [0.717, 1.165) is 5.57 Å². The van der Waals surface area contributed by atoms with Crippen molar-refractivity contribution >= 4 is 5.97 Å². The van der Waals surface area contributed by atoms with Crippen LogP contribution in [0.1, 0.15) is 20.3 Å². The van der Waals surface area contributed by atoms with Crippen LogP contribution in [0.3, 0.4) is 0 Å². The minimum atomic E-state index is -0.971. The molecule has 0 fully saturated rings. The first-order valence-corrected chi connectivity index (χ1v) is 4.54. The summed E-state index contributed by atoms with van der Waals surface area (Å²) in [5.74, 6) is -0.971. The Kier molecular flexibility index (Phi) is 6.41. The van der Waals surface area contributed by atoms with Crippen LogP contribution in [0.5, 0.6) is 0 Å². The van der Waals surface area contributed by atoms with E-state index in [2.05, 4.69) is 0 Å². The molecule has 0 spiro atoms. The quantitative estimate of drug-likeness (QED) is 0.658. The number of carbonyl (C=O) groups is 1. The van der Waals surface area contributed by atoms with Crippen LogP contribution in [0.4, 0.5) is 0 Å². The lowest BCUT2D eigenvalue weighted by atomic mass is 10.1. The predicted molar refractivity (Wildman–Crippen MR) is 57.9 cm³/mol. The Morgan fingerprint density at radius 1 is 1.43 bits per heavy atom. The van der Waals surface area contributed by atoms with Crippen molar-refractivity contribution in [3.8, 4) is 0 Å². The van der Waals surface area contributed by atoms with Crippen LogP contribution in [-0.4, -0.2) is 17.1 Å². The highest BCUT2D eigenvalue weighted by atomic mass is 16.4. The van der Waals surface area contributed by atoms with E-state index in [1.54, 1.807) is 0 Å². The Labute approximate surface area is 84.6 Å². The van der Waals surface area contributed by atoms with Crippen LogP contribution < -0.4 is 5.73 Å². The molecule has 0 aromatic rings. The maximum Gasteiger partial charge on any atom is 0.320 e. The molecule has 14 heavy (non-hydrogen) atoms. The Bertz CT molecular complexity index is 264. The minimum Gasteiger partial charge on any atom is -0.480 e. The van der Waals surface area contributed by atoms with Gasteiger partial charge in [-0.1, -0.05) is 30.4 Å². The van der Waals surface area contributed by atoms with Crippen LogP contribution in [0, 0.1) is 0 Å². The second-order valence-corrected chi connectivity index (χ2v) is 2.92. The van der Waals surface area contributed by atoms with Crippen molar-refractivity contribution in [1.29, 1.82) is 0 Å². The lowest BCUT2D eigenvalue weighted by Gasteiger charge is -2.06. The topological polar surface area (TPSA) is 63.3 Å². The van der Waals surface area contributed by atoms with E-state index in [4.69, 9.17) is 10.8 Å². The normalized spacial score (nSPS) is 15.2. The van der Waals surface area contributed by atoms with Gasteiger partial charge in [0.05, 0.1) is 0 Å². The number of aliphatic carboxylic acids is 1. The maximum atomic E-state index is 10.5. The van der Waals surface area contributed by atoms with Gasteiger partial charge in [-0.2, -0.15) is 0 Å². The maximum absolute atomic E-state index is 10.5. The summed E-state index contributed by atoms with van der Waals surface area (Å²) in [6.07, 6.45) is 9.69. The average molecular weight is 195 g/mol. The Balaban J connectivity index is 4.45. The van der Waals surface area contributed by atoms with Gasteiger partial charge in [-0.15, -0.1) is 0 Å². The van der Waals surface area contributed by atoms with Gasteiger partial charge in [-0.05, 0) is 25.8 Å².